The molecule has 0 bridgehead atoms. The number of guanidine groups is 1. The third kappa shape index (κ3) is 3.46. The average molecular weight is 277 g/mol. The van der Waals surface area contributed by atoms with Crippen LogP contribution >= 0.6 is 0 Å². The van der Waals surface area contributed by atoms with E-state index in [1.54, 1.807) is 25.4 Å². The first kappa shape index (κ1) is 14.3. The van der Waals surface area contributed by atoms with E-state index >= 15 is 0 Å². The lowest BCUT2D eigenvalue weighted by atomic mass is 10.3. The summed E-state index contributed by atoms with van der Waals surface area (Å²) in [6, 6.07) is 3.27. The van der Waals surface area contributed by atoms with Crippen molar-refractivity contribution < 1.29 is 4.39 Å². The van der Waals surface area contributed by atoms with E-state index < -0.39 is 0 Å². The molecule has 20 heavy (non-hydrogen) atoms. The van der Waals surface area contributed by atoms with E-state index in [0.29, 0.717) is 18.9 Å². The first-order valence-corrected chi connectivity index (χ1v) is 6.68. The minimum atomic E-state index is -0.276. The number of nitrogens with zero attached hydrogens (tertiary/aromatic N) is 3. The van der Waals surface area contributed by atoms with Gasteiger partial charge in [-0.3, -0.25) is 4.99 Å². The van der Waals surface area contributed by atoms with Gasteiger partial charge in [-0.1, -0.05) is 6.08 Å². The van der Waals surface area contributed by atoms with Crippen molar-refractivity contribution in [3.05, 3.63) is 36.8 Å². The van der Waals surface area contributed by atoms with Crippen LogP contribution in [0.2, 0.25) is 0 Å². The summed E-state index contributed by atoms with van der Waals surface area (Å²) in [5, 5.41) is 6.44. The molecule has 0 aliphatic carbocycles. The van der Waals surface area contributed by atoms with Gasteiger partial charge in [0.2, 0.25) is 0 Å². The van der Waals surface area contributed by atoms with Gasteiger partial charge < -0.3 is 15.5 Å². The lowest BCUT2D eigenvalue weighted by molar-refractivity contribution is 0.612. The van der Waals surface area contributed by atoms with Crippen molar-refractivity contribution >= 4 is 11.8 Å². The van der Waals surface area contributed by atoms with Gasteiger partial charge in [-0.15, -0.1) is 6.58 Å². The quantitative estimate of drug-likeness (QED) is 0.492. The van der Waals surface area contributed by atoms with Crippen LogP contribution in [-0.2, 0) is 0 Å². The van der Waals surface area contributed by atoms with Gasteiger partial charge in [0.05, 0.1) is 0 Å². The predicted octanol–water partition coefficient (Wildman–Crippen LogP) is 1.15. The number of rotatable bonds is 4. The zero-order valence-corrected chi connectivity index (χ0v) is 11.6. The van der Waals surface area contributed by atoms with Crippen molar-refractivity contribution in [3.63, 3.8) is 0 Å². The van der Waals surface area contributed by atoms with E-state index in [-0.39, 0.29) is 11.9 Å². The Balaban J connectivity index is 1.92. The monoisotopic (exact) mass is 277 g/mol. The Labute approximate surface area is 118 Å². The summed E-state index contributed by atoms with van der Waals surface area (Å²) in [5.74, 6) is 0.881. The van der Waals surface area contributed by atoms with E-state index in [1.165, 1.54) is 6.07 Å². The van der Waals surface area contributed by atoms with Crippen LogP contribution in [0.1, 0.15) is 6.42 Å². The zero-order chi connectivity index (χ0) is 14.4. The van der Waals surface area contributed by atoms with Gasteiger partial charge in [-0.05, 0) is 18.6 Å². The summed E-state index contributed by atoms with van der Waals surface area (Å²) in [6.07, 6.45) is 4.31. The molecule has 0 radical (unpaired) electrons. The molecule has 1 saturated heterocycles. The predicted molar refractivity (Wildman–Crippen MR) is 79.5 cm³/mol. The second kappa shape index (κ2) is 6.88. The third-order valence-electron chi connectivity index (χ3n) is 3.21. The molecule has 1 aliphatic rings. The Bertz CT molecular complexity index is 488. The van der Waals surface area contributed by atoms with Crippen molar-refractivity contribution in [3.8, 4) is 0 Å². The Kier molecular flexibility index (Phi) is 4.92. The van der Waals surface area contributed by atoms with Crippen LogP contribution in [0.3, 0.4) is 0 Å². The van der Waals surface area contributed by atoms with Gasteiger partial charge in [-0.25, -0.2) is 9.37 Å². The summed E-state index contributed by atoms with van der Waals surface area (Å²) in [6.45, 7) is 5.81. The van der Waals surface area contributed by atoms with Crippen molar-refractivity contribution in [1.29, 1.82) is 0 Å². The molecule has 6 heteroatoms. The zero-order valence-electron chi connectivity index (χ0n) is 11.6. The largest absolute Gasteiger partial charge is 0.353 e. The van der Waals surface area contributed by atoms with E-state index in [0.717, 1.165) is 18.9 Å². The van der Waals surface area contributed by atoms with Crippen LogP contribution in [0, 0.1) is 5.82 Å². The van der Waals surface area contributed by atoms with Crippen LogP contribution in [0.15, 0.2) is 36.0 Å². The van der Waals surface area contributed by atoms with Crippen molar-refractivity contribution in [2.75, 3.05) is 31.6 Å². The van der Waals surface area contributed by atoms with Gasteiger partial charge in [0.1, 0.15) is 0 Å². The number of nitrogens with one attached hydrogen (secondary N) is 2. The van der Waals surface area contributed by atoms with E-state index in [2.05, 4.69) is 27.2 Å². The molecule has 1 fully saturated rings. The first-order valence-electron chi connectivity index (χ1n) is 6.68. The molecule has 0 aromatic carbocycles. The van der Waals surface area contributed by atoms with E-state index in [1.807, 2.05) is 4.90 Å². The normalized spacial score (nSPS) is 19.0. The lowest BCUT2D eigenvalue weighted by Gasteiger charge is -2.19. The lowest BCUT2D eigenvalue weighted by Crippen LogP contribution is -2.44. The van der Waals surface area contributed by atoms with Crippen LogP contribution < -0.4 is 15.5 Å². The van der Waals surface area contributed by atoms with Crippen LogP contribution in [0.4, 0.5) is 10.2 Å². The maximum absolute atomic E-state index is 13.7. The molecule has 2 rings (SSSR count). The van der Waals surface area contributed by atoms with E-state index in [4.69, 9.17) is 0 Å². The van der Waals surface area contributed by atoms with Crippen molar-refractivity contribution in [2.45, 2.75) is 12.5 Å². The summed E-state index contributed by atoms with van der Waals surface area (Å²) in [4.78, 5) is 10.2. The topological polar surface area (TPSA) is 52.6 Å². The molecular formula is C14H20FN5. The second-order valence-corrected chi connectivity index (χ2v) is 4.63. The number of anilines is 1. The number of halogens is 1. The standard InChI is InChI=1S/C14H20FN5/c1-3-7-18-14(16-2)19-11-6-9-20(10-11)13-12(15)5-4-8-17-13/h3-5,8,11H,1,6-7,9-10H2,2H3,(H2,16,18,19). The molecule has 1 aliphatic heterocycles. The molecule has 0 spiro atoms. The highest BCUT2D eigenvalue weighted by molar-refractivity contribution is 5.80. The number of pyridine rings is 1. The fourth-order valence-electron chi connectivity index (χ4n) is 2.24. The molecule has 2 heterocycles. The minimum Gasteiger partial charge on any atom is -0.353 e. The number of aromatic nitrogens is 1. The van der Waals surface area contributed by atoms with Gasteiger partial charge in [0.15, 0.2) is 17.6 Å². The highest BCUT2D eigenvalue weighted by atomic mass is 19.1. The molecule has 0 amide bonds. The average Bonchev–Trinajstić information content (AvgIpc) is 2.92. The molecule has 0 saturated carbocycles. The Morgan fingerprint density at radius 3 is 3.25 bits per heavy atom. The van der Waals surface area contributed by atoms with Crippen molar-refractivity contribution in [1.82, 2.24) is 15.6 Å². The molecule has 5 nitrogen and oxygen atoms in total. The smallest absolute Gasteiger partial charge is 0.191 e. The first-order chi connectivity index (χ1) is 9.74. The highest BCUT2D eigenvalue weighted by Crippen LogP contribution is 2.20. The molecule has 108 valence electrons. The summed E-state index contributed by atoms with van der Waals surface area (Å²) in [7, 11) is 1.73. The fourth-order valence-corrected chi connectivity index (χ4v) is 2.24. The van der Waals surface area contributed by atoms with E-state index in [9.17, 15) is 4.39 Å². The van der Waals surface area contributed by atoms with Crippen LogP contribution in [-0.4, -0.2) is 43.7 Å². The number of hydrogen-bond donors (Lipinski definition) is 2. The van der Waals surface area contributed by atoms with Crippen molar-refractivity contribution in [2.24, 2.45) is 4.99 Å². The van der Waals surface area contributed by atoms with Gasteiger partial charge >= 0.3 is 0 Å². The Hall–Kier alpha value is -2.11. The molecule has 2 N–H and O–H groups in total. The Morgan fingerprint density at radius 1 is 1.70 bits per heavy atom. The number of hydrogen-bond acceptors (Lipinski definition) is 3. The summed E-state index contributed by atoms with van der Waals surface area (Å²) >= 11 is 0. The molecule has 1 atom stereocenters. The second-order valence-electron chi connectivity index (χ2n) is 4.63. The summed E-state index contributed by atoms with van der Waals surface area (Å²) in [5.41, 5.74) is 0. The van der Waals surface area contributed by atoms with Gasteiger partial charge in [0.25, 0.3) is 0 Å². The maximum Gasteiger partial charge on any atom is 0.191 e. The fraction of sp³-hybridized carbons (Fsp3) is 0.429. The van der Waals surface area contributed by atoms with Crippen LogP contribution in [0.5, 0.6) is 0 Å². The molecule has 1 aromatic rings. The van der Waals surface area contributed by atoms with Gasteiger partial charge in [0, 0.05) is 38.9 Å². The minimum absolute atomic E-state index is 0.229. The third-order valence-corrected chi connectivity index (χ3v) is 3.21. The van der Waals surface area contributed by atoms with Gasteiger partial charge in [-0.2, -0.15) is 0 Å². The van der Waals surface area contributed by atoms with Crippen LogP contribution in [0.25, 0.3) is 0 Å². The highest BCUT2D eigenvalue weighted by Gasteiger charge is 2.25. The summed E-state index contributed by atoms with van der Waals surface area (Å²) < 4.78 is 13.7. The SMILES string of the molecule is C=CCNC(=NC)NC1CCN(c2ncccc2F)C1. The molecular weight excluding hydrogens is 257 g/mol. The Morgan fingerprint density at radius 2 is 2.55 bits per heavy atom. The number of aliphatic imine (C=N–C) groups is 1. The molecule has 1 unspecified atom stereocenters. The molecule has 1 aromatic heterocycles. The maximum atomic E-state index is 13.7.